The molecule has 0 heterocycles. The maximum absolute atomic E-state index is 13.2. The van der Waals surface area contributed by atoms with Gasteiger partial charge in [0, 0.05) is 19.2 Å². The molecule has 0 amide bonds. The molecule has 3 N–H and O–H groups in total. The Morgan fingerprint density at radius 2 is 2.05 bits per heavy atom. The number of benzene rings is 1. The minimum Gasteiger partial charge on any atom is -0.398 e. The summed E-state index contributed by atoms with van der Waals surface area (Å²) in [6.45, 7) is 3.47. The third kappa shape index (κ3) is 3.65. The van der Waals surface area contributed by atoms with Crippen molar-refractivity contribution in [2.75, 3.05) is 18.9 Å². The summed E-state index contributed by atoms with van der Waals surface area (Å²) in [5, 5.41) is 8.83. The summed E-state index contributed by atoms with van der Waals surface area (Å²) in [6, 6.07) is 2.95. The van der Waals surface area contributed by atoms with Gasteiger partial charge in [0.15, 0.2) is 0 Å². The first kappa shape index (κ1) is 15.9. The van der Waals surface area contributed by atoms with Crippen LogP contribution in [-0.4, -0.2) is 37.0 Å². The van der Waals surface area contributed by atoms with E-state index in [1.807, 2.05) is 0 Å². The average molecular weight is 290 g/mol. The van der Waals surface area contributed by atoms with E-state index in [0.29, 0.717) is 6.42 Å². The van der Waals surface area contributed by atoms with E-state index < -0.39 is 15.8 Å². The van der Waals surface area contributed by atoms with Gasteiger partial charge in [-0.1, -0.05) is 0 Å². The second-order valence-electron chi connectivity index (χ2n) is 4.47. The zero-order valence-corrected chi connectivity index (χ0v) is 11.8. The number of rotatable bonds is 6. The lowest BCUT2D eigenvalue weighted by molar-refractivity contribution is 0.258. The van der Waals surface area contributed by atoms with E-state index in [1.54, 1.807) is 13.8 Å². The number of aliphatic hydroxyl groups excluding tert-OH is 1. The van der Waals surface area contributed by atoms with Crippen LogP contribution in [0.25, 0.3) is 0 Å². The number of sulfonamides is 1. The van der Waals surface area contributed by atoms with Crippen molar-refractivity contribution in [3.8, 4) is 0 Å². The predicted molar refractivity (Wildman–Crippen MR) is 71.5 cm³/mol. The first-order valence-electron chi connectivity index (χ1n) is 5.98. The van der Waals surface area contributed by atoms with Gasteiger partial charge in [0.1, 0.15) is 10.7 Å². The van der Waals surface area contributed by atoms with E-state index in [4.69, 9.17) is 10.8 Å². The topological polar surface area (TPSA) is 83.6 Å². The van der Waals surface area contributed by atoms with Gasteiger partial charge < -0.3 is 10.8 Å². The Hall–Kier alpha value is -1.18. The molecule has 1 rings (SSSR count). The predicted octanol–water partition coefficient (Wildman–Crippen LogP) is 1.19. The molecule has 0 atom stereocenters. The van der Waals surface area contributed by atoms with Crippen LogP contribution in [0.15, 0.2) is 23.1 Å². The van der Waals surface area contributed by atoms with Crippen molar-refractivity contribution in [2.45, 2.75) is 31.2 Å². The molecule has 1 aromatic carbocycles. The van der Waals surface area contributed by atoms with Gasteiger partial charge in [-0.2, -0.15) is 4.31 Å². The summed E-state index contributed by atoms with van der Waals surface area (Å²) in [5.74, 6) is -0.654. The van der Waals surface area contributed by atoms with Gasteiger partial charge in [-0.25, -0.2) is 12.8 Å². The van der Waals surface area contributed by atoms with Crippen molar-refractivity contribution < 1.29 is 17.9 Å². The van der Waals surface area contributed by atoms with Crippen LogP contribution in [-0.2, 0) is 10.0 Å². The molecular weight excluding hydrogens is 271 g/mol. The van der Waals surface area contributed by atoms with Crippen LogP contribution in [0.4, 0.5) is 10.1 Å². The van der Waals surface area contributed by atoms with Gasteiger partial charge in [-0.15, -0.1) is 0 Å². The molecule has 5 nitrogen and oxygen atoms in total. The quantitative estimate of drug-likeness (QED) is 0.771. The Kier molecular flexibility index (Phi) is 5.28. The van der Waals surface area contributed by atoms with Crippen LogP contribution in [0, 0.1) is 5.82 Å². The molecule has 0 aliphatic rings. The van der Waals surface area contributed by atoms with E-state index in [1.165, 1.54) is 10.4 Å². The number of halogens is 1. The summed E-state index contributed by atoms with van der Waals surface area (Å²) in [6.07, 6.45) is 0.312. The summed E-state index contributed by atoms with van der Waals surface area (Å²) < 4.78 is 39.3. The van der Waals surface area contributed by atoms with Gasteiger partial charge in [-0.05, 0) is 38.5 Å². The Morgan fingerprint density at radius 3 is 2.58 bits per heavy atom. The molecule has 0 saturated heterocycles. The molecule has 0 bridgehead atoms. The third-order valence-electron chi connectivity index (χ3n) is 2.67. The normalized spacial score (nSPS) is 12.3. The molecule has 0 fully saturated rings. The highest BCUT2D eigenvalue weighted by Crippen LogP contribution is 2.24. The molecule has 0 radical (unpaired) electrons. The molecule has 0 aromatic heterocycles. The lowest BCUT2D eigenvalue weighted by Gasteiger charge is -2.26. The fraction of sp³-hybridized carbons (Fsp3) is 0.500. The van der Waals surface area contributed by atoms with Gasteiger partial charge in [0.05, 0.1) is 5.69 Å². The molecule has 0 spiro atoms. The highest BCUT2D eigenvalue weighted by atomic mass is 32.2. The number of nitrogens with two attached hydrogens (primary N) is 1. The maximum Gasteiger partial charge on any atom is 0.245 e. The largest absolute Gasteiger partial charge is 0.398 e. The molecule has 0 aliphatic heterocycles. The van der Waals surface area contributed by atoms with Gasteiger partial charge >= 0.3 is 0 Å². The van der Waals surface area contributed by atoms with Crippen molar-refractivity contribution in [3.05, 3.63) is 24.0 Å². The van der Waals surface area contributed by atoms with Gasteiger partial charge in [0.2, 0.25) is 10.0 Å². The summed E-state index contributed by atoms with van der Waals surface area (Å²) in [7, 11) is -3.87. The van der Waals surface area contributed by atoms with E-state index >= 15 is 0 Å². The number of hydrogen-bond acceptors (Lipinski definition) is 4. The van der Waals surface area contributed by atoms with Crippen LogP contribution in [0.5, 0.6) is 0 Å². The third-order valence-corrected chi connectivity index (χ3v) is 4.81. The van der Waals surface area contributed by atoms with Gasteiger partial charge in [0.25, 0.3) is 0 Å². The Morgan fingerprint density at radius 1 is 1.42 bits per heavy atom. The molecular formula is C12H19FN2O3S. The zero-order chi connectivity index (χ0) is 14.6. The smallest absolute Gasteiger partial charge is 0.245 e. The molecule has 108 valence electrons. The van der Waals surface area contributed by atoms with Crippen molar-refractivity contribution in [3.63, 3.8) is 0 Å². The zero-order valence-electron chi connectivity index (χ0n) is 11.0. The first-order valence-corrected chi connectivity index (χ1v) is 7.42. The molecule has 7 heteroatoms. The van der Waals surface area contributed by atoms with Crippen LogP contribution >= 0.6 is 0 Å². The SMILES string of the molecule is CC(C)N(CCCO)S(=O)(=O)c1cc(F)ccc1N. The Balaban J connectivity index is 3.22. The maximum atomic E-state index is 13.2. The second kappa shape index (κ2) is 6.31. The number of hydrogen-bond donors (Lipinski definition) is 2. The minimum absolute atomic E-state index is 0.0102. The van der Waals surface area contributed by atoms with Crippen molar-refractivity contribution in [2.24, 2.45) is 0 Å². The van der Waals surface area contributed by atoms with Crippen LogP contribution in [0.2, 0.25) is 0 Å². The second-order valence-corrected chi connectivity index (χ2v) is 6.33. The lowest BCUT2D eigenvalue weighted by atomic mass is 10.3. The van der Waals surface area contributed by atoms with E-state index in [2.05, 4.69) is 0 Å². The van der Waals surface area contributed by atoms with Crippen molar-refractivity contribution >= 4 is 15.7 Å². The highest BCUT2D eigenvalue weighted by molar-refractivity contribution is 7.89. The molecule has 0 aliphatic carbocycles. The number of anilines is 1. The molecule has 0 unspecified atom stereocenters. The summed E-state index contributed by atoms with van der Waals surface area (Å²) in [4.78, 5) is -0.237. The fourth-order valence-corrected chi connectivity index (χ4v) is 3.54. The van der Waals surface area contributed by atoms with Crippen LogP contribution < -0.4 is 5.73 Å². The highest BCUT2D eigenvalue weighted by Gasteiger charge is 2.28. The molecule has 19 heavy (non-hydrogen) atoms. The lowest BCUT2D eigenvalue weighted by Crippen LogP contribution is -2.38. The van der Waals surface area contributed by atoms with Crippen molar-refractivity contribution in [1.29, 1.82) is 0 Å². The molecule has 0 saturated carbocycles. The first-order chi connectivity index (χ1) is 8.80. The van der Waals surface area contributed by atoms with Gasteiger partial charge in [-0.3, -0.25) is 0 Å². The van der Waals surface area contributed by atoms with E-state index in [9.17, 15) is 12.8 Å². The monoisotopic (exact) mass is 290 g/mol. The Labute approximate surface area is 112 Å². The van der Waals surface area contributed by atoms with E-state index in [0.717, 1.165) is 12.1 Å². The standard InChI is InChI=1S/C12H19FN2O3S/c1-9(2)15(6-3-7-16)19(17,18)12-8-10(13)4-5-11(12)14/h4-5,8-9,16H,3,6-7,14H2,1-2H3. The summed E-state index contributed by atoms with van der Waals surface area (Å²) in [5.41, 5.74) is 5.63. The number of nitrogen functional groups attached to an aromatic ring is 1. The Bertz CT molecular complexity index is 532. The number of nitrogens with zero attached hydrogens (tertiary/aromatic N) is 1. The van der Waals surface area contributed by atoms with Crippen LogP contribution in [0.1, 0.15) is 20.3 Å². The molecule has 1 aromatic rings. The summed E-state index contributed by atoms with van der Waals surface area (Å²) >= 11 is 0. The number of aliphatic hydroxyl groups is 1. The fourth-order valence-electron chi connectivity index (χ4n) is 1.74. The minimum atomic E-state index is -3.87. The van der Waals surface area contributed by atoms with Crippen LogP contribution in [0.3, 0.4) is 0 Å². The van der Waals surface area contributed by atoms with E-state index in [-0.39, 0.29) is 29.8 Å². The van der Waals surface area contributed by atoms with Crippen molar-refractivity contribution in [1.82, 2.24) is 4.31 Å². The average Bonchev–Trinajstić information content (AvgIpc) is 2.32.